The van der Waals surface area contributed by atoms with E-state index in [1.807, 2.05) is 22.4 Å². The fraction of sp³-hybridized carbons (Fsp3) is 0.353. The lowest BCUT2D eigenvalue weighted by atomic mass is 10.2. The van der Waals surface area contributed by atoms with Crippen molar-refractivity contribution in [3.8, 4) is 0 Å². The second-order valence-corrected chi connectivity index (χ2v) is 6.37. The lowest BCUT2D eigenvalue weighted by Crippen LogP contribution is -2.49. The molecule has 2 amide bonds. The Labute approximate surface area is 145 Å². The molecule has 0 bridgehead atoms. The van der Waals surface area contributed by atoms with Gasteiger partial charge in [0.2, 0.25) is 5.91 Å². The average molecular weight is 344 g/mol. The summed E-state index contributed by atoms with van der Waals surface area (Å²) in [5.74, 6) is -0.0263. The van der Waals surface area contributed by atoms with Crippen LogP contribution in [0.1, 0.15) is 16.8 Å². The zero-order valence-electron chi connectivity index (χ0n) is 13.4. The number of amides is 2. The monoisotopic (exact) mass is 344 g/mol. The molecule has 0 aromatic carbocycles. The number of carbonyl (C=O) groups excluding carboxylic acids is 2. The van der Waals surface area contributed by atoms with Crippen molar-refractivity contribution in [2.24, 2.45) is 0 Å². The molecule has 7 heteroatoms. The molecule has 2 aromatic heterocycles. The van der Waals surface area contributed by atoms with Crippen molar-refractivity contribution < 1.29 is 9.59 Å². The molecule has 1 aliphatic rings. The zero-order valence-corrected chi connectivity index (χ0v) is 14.2. The number of nitrogens with zero attached hydrogens (tertiary/aromatic N) is 3. The molecule has 0 atom stereocenters. The number of aromatic nitrogens is 1. The summed E-state index contributed by atoms with van der Waals surface area (Å²) in [7, 11) is 0. The van der Waals surface area contributed by atoms with Crippen LogP contribution in [-0.4, -0.2) is 54.4 Å². The highest BCUT2D eigenvalue weighted by molar-refractivity contribution is 7.08. The molecule has 1 aliphatic heterocycles. The number of piperazine rings is 1. The van der Waals surface area contributed by atoms with Crippen molar-refractivity contribution >= 4 is 28.8 Å². The smallest absolute Gasteiger partial charge is 0.252 e. The first kappa shape index (κ1) is 16.4. The maximum Gasteiger partial charge on any atom is 0.252 e. The summed E-state index contributed by atoms with van der Waals surface area (Å²) in [6, 6.07) is 5.75. The van der Waals surface area contributed by atoms with Gasteiger partial charge in [0, 0.05) is 68.2 Å². The molecule has 126 valence electrons. The standard InChI is InChI=1S/C17H20N4O2S/c22-16(3-7-19-17(23)14-4-12-24-13-14)21-10-8-20(9-11-21)15-1-5-18-6-2-15/h1-2,4-6,12-13H,3,7-11H2,(H,19,23). The number of hydrogen-bond acceptors (Lipinski definition) is 5. The minimum Gasteiger partial charge on any atom is -0.368 e. The largest absolute Gasteiger partial charge is 0.368 e. The summed E-state index contributed by atoms with van der Waals surface area (Å²) in [6.07, 6.45) is 3.90. The zero-order chi connectivity index (χ0) is 16.8. The van der Waals surface area contributed by atoms with Crippen molar-refractivity contribution in [3.63, 3.8) is 0 Å². The van der Waals surface area contributed by atoms with Crippen molar-refractivity contribution in [3.05, 3.63) is 46.9 Å². The summed E-state index contributed by atoms with van der Waals surface area (Å²) in [5.41, 5.74) is 1.79. The molecule has 0 radical (unpaired) electrons. The quantitative estimate of drug-likeness (QED) is 0.895. The molecular formula is C17H20N4O2S. The fourth-order valence-electron chi connectivity index (χ4n) is 2.71. The third-order valence-electron chi connectivity index (χ3n) is 4.07. The van der Waals surface area contributed by atoms with Crippen molar-refractivity contribution in [1.82, 2.24) is 15.2 Å². The number of anilines is 1. The van der Waals surface area contributed by atoms with Gasteiger partial charge in [0.25, 0.3) is 5.91 Å². The van der Waals surface area contributed by atoms with Crippen LogP contribution in [0.15, 0.2) is 41.4 Å². The SMILES string of the molecule is O=C(NCCC(=O)N1CCN(c2ccncc2)CC1)c1ccsc1. The van der Waals surface area contributed by atoms with E-state index in [9.17, 15) is 9.59 Å². The van der Waals surface area contributed by atoms with Crippen LogP contribution in [0.5, 0.6) is 0 Å². The van der Waals surface area contributed by atoms with E-state index in [-0.39, 0.29) is 11.8 Å². The fourth-order valence-corrected chi connectivity index (χ4v) is 3.34. The number of pyridine rings is 1. The Bertz CT molecular complexity index is 667. The first-order chi connectivity index (χ1) is 11.7. The van der Waals surface area contributed by atoms with Gasteiger partial charge in [-0.25, -0.2) is 0 Å². The number of thiophene rings is 1. The van der Waals surface area contributed by atoms with E-state index in [1.165, 1.54) is 11.3 Å². The highest BCUT2D eigenvalue weighted by Gasteiger charge is 2.21. The first-order valence-electron chi connectivity index (χ1n) is 7.97. The third kappa shape index (κ3) is 4.11. The topological polar surface area (TPSA) is 65.5 Å². The predicted molar refractivity (Wildman–Crippen MR) is 94.3 cm³/mol. The Morgan fingerprint density at radius 1 is 1.12 bits per heavy atom. The summed E-state index contributed by atoms with van der Waals surface area (Å²) >= 11 is 1.48. The number of carbonyl (C=O) groups is 2. The number of hydrogen-bond donors (Lipinski definition) is 1. The summed E-state index contributed by atoms with van der Waals surface area (Å²) in [6.45, 7) is 3.42. The second-order valence-electron chi connectivity index (χ2n) is 5.59. The Balaban J connectivity index is 1.40. The van der Waals surface area contributed by atoms with Gasteiger partial charge in [0.15, 0.2) is 0 Å². The normalized spacial score (nSPS) is 14.5. The van der Waals surface area contributed by atoms with Crippen LogP contribution in [0.3, 0.4) is 0 Å². The predicted octanol–water partition coefficient (Wildman–Crippen LogP) is 1.61. The molecule has 0 saturated carbocycles. The van der Waals surface area contributed by atoms with Crippen LogP contribution in [0.4, 0.5) is 5.69 Å². The minimum atomic E-state index is -0.119. The molecule has 6 nitrogen and oxygen atoms in total. The van der Waals surface area contributed by atoms with Gasteiger partial charge in [-0.05, 0) is 23.6 Å². The molecule has 24 heavy (non-hydrogen) atoms. The van der Waals surface area contributed by atoms with Crippen LogP contribution in [-0.2, 0) is 4.79 Å². The van der Waals surface area contributed by atoms with Crippen molar-refractivity contribution in [1.29, 1.82) is 0 Å². The molecule has 2 aromatic rings. The van der Waals surface area contributed by atoms with E-state index in [0.717, 1.165) is 18.8 Å². The second kappa shape index (κ2) is 7.92. The molecule has 1 fully saturated rings. The lowest BCUT2D eigenvalue weighted by molar-refractivity contribution is -0.131. The highest BCUT2D eigenvalue weighted by atomic mass is 32.1. The van der Waals surface area contributed by atoms with Gasteiger partial charge in [-0.3, -0.25) is 14.6 Å². The van der Waals surface area contributed by atoms with E-state index < -0.39 is 0 Å². The van der Waals surface area contributed by atoms with Crippen LogP contribution in [0, 0.1) is 0 Å². The van der Waals surface area contributed by atoms with Gasteiger partial charge in [-0.2, -0.15) is 11.3 Å². The first-order valence-corrected chi connectivity index (χ1v) is 8.91. The van der Waals surface area contributed by atoms with Gasteiger partial charge < -0.3 is 15.1 Å². The molecule has 0 unspecified atom stereocenters. The van der Waals surface area contributed by atoms with E-state index in [2.05, 4.69) is 15.2 Å². The molecule has 3 rings (SSSR count). The summed E-state index contributed by atoms with van der Waals surface area (Å²) in [5, 5.41) is 6.46. The Hall–Kier alpha value is -2.41. The maximum absolute atomic E-state index is 12.3. The van der Waals surface area contributed by atoms with Crippen LogP contribution in [0.25, 0.3) is 0 Å². The van der Waals surface area contributed by atoms with E-state index in [1.54, 1.807) is 23.8 Å². The Kier molecular flexibility index (Phi) is 5.43. The molecule has 0 aliphatic carbocycles. The van der Waals surface area contributed by atoms with Crippen molar-refractivity contribution in [2.45, 2.75) is 6.42 Å². The van der Waals surface area contributed by atoms with Gasteiger partial charge in [0.1, 0.15) is 0 Å². The molecule has 1 saturated heterocycles. The van der Waals surface area contributed by atoms with Gasteiger partial charge in [-0.15, -0.1) is 0 Å². The average Bonchev–Trinajstić information content (AvgIpc) is 3.17. The number of rotatable bonds is 5. The Morgan fingerprint density at radius 2 is 1.88 bits per heavy atom. The van der Waals surface area contributed by atoms with E-state index >= 15 is 0 Å². The van der Waals surface area contributed by atoms with Crippen molar-refractivity contribution in [2.75, 3.05) is 37.6 Å². The summed E-state index contributed by atoms with van der Waals surface area (Å²) < 4.78 is 0. The van der Waals surface area contributed by atoms with E-state index in [0.29, 0.717) is 31.6 Å². The van der Waals surface area contributed by atoms with Gasteiger partial charge in [0.05, 0.1) is 0 Å². The molecule has 3 heterocycles. The molecule has 1 N–H and O–H groups in total. The van der Waals surface area contributed by atoms with Crippen LogP contribution < -0.4 is 10.2 Å². The molecular weight excluding hydrogens is 324 g/mol. The van der Waals surface area contributed by atoms with Crippen LogP contribution in [0.2, 0.25) is 0 Å². The highest BCUT2D eigenvalue weighted by Crippen LogP contribution is 2.15. The minimum absolute atomic E-state index is 0.0926. The summed E-state index contributed by atoms with van der Waals surface area (Å²) in [4.78, 5) is 32.2. The Morgan fingerprint density at radius 3 is 2.54 bits per heavy atom. The third-order valence-corrected chi connectivity index (χ3v) is 4.75. The molecule has 0 spiro atoms. The van der Waals surface area contributed by atoms with Gasteiger partial charge >= 0.3 is 0 Å². The van der Waals surface area contributed by atoms with Gasteiger partial charge in [-0.1, -0.05) is 0 Å². The van der Waals surface area contributed by atoms with E-state index in [4.69, 9.17) is 0 Å². The van der Waals surface area contributed by atoms with Crippen LogP contribution >= 0.6 is 11.3 Å². The lowest BCUT2D eigenvalue weighted by Gasteiger charge is -2.36. The maximum atomic E-state index is 12.3. The number of nitrogens with one attached hydrogen (secondary N) is 1.